The fourth-order valence-corrected chi connectivity index (χ4v) is 7.93. The van der Waals surface area contributed by atoms with Crippen LogP contribution in [0, 0.1) is 0 Å². The van der Waals surface area contributed by atoms with Crippen molar-refractivity contribution in [2.24, 2.45) is 11.6 Å². The number of imidazole rings is 1. The third-order valence-electron chi connectivity index (χ3n) is 11.0. The van der Waals surface area contributed by atoms with Crippen LogP contribution in [-0.4, -0.2) is 108 Å². The van der Waals surface area contributed by atoms with Gasteiger partial charge in [-0.2, -0.15) is 0 Å². The smallest absolute Gasteiger partial charge is 0.262 e. The number of aryl methyl sites for hydroxylation is 1. The van der Waals surface area contributed by atoms with Gasteiger partial charge in [0.25, 0.3) is 11.8 Å². The predicted octanol–water partition coefficient (Wildman–Crippen LogP) is 2.81. The Morgan fingerprint density at radius 3 is 2.48 bits per heavy atom. The first-order valence-electron chi connectivity index (χ1n) is 20.2. The molecule has 3 aromatic heterocycles. The first-order valence-corrected chi connectivity index (χ1v) is 20.2. The number of carbonyl (C=O) groups excluding carboxylic acids is 4. The van der Waals surface area contributed by atoms with Crippen LogP contribution in [0.15, 0.2) is 85.3 Å². The van der Waals surface area contributed by atoms with E-state index in [0.29, 0.717) is 58.6 Å². The molecule has 18 nitrogen and oxygen atoms in total. The van der Waals surface area contributed by atoms with E-state index >= 15 is 0 Å². The maximum Gasteiger partial charge on any atom is 0.262 e. The SMILES string of the molecule is N/C(=C\N(N)CCCCCCc1ccc2c(c1)C(=O)N(C1CCC(=O)NC1=O)C2=O)CN1CCN(c2ccc(Nc3nc(-c4cncc(N)n4)cn4ccnc34)cc2)CC1. The molecule has 3 aliphatic heterocycles. The summed E-state index contributed by atoms with van der Waals surface area (Å²) in [7, 11) is 0. The van der Waals surface area contributed by atoms with Crippen LogP contribution in [0.25, 0.3) is 17.0 Å². The first-order chi connectivity index (χ1) is 29.1. The maximum atomic E-state index is 13.1. The normalized spacial score (nSPS) is 17.4. The molecule has 1 atom stereocenters. The van der Waals surface area contributed by atoms with Gasteiger partial charge in [-0.1, -0.05) is 18.9 Å². The second kappa shape index (κ2) is 17.5. The molecule has 3 aliphatic rings. The molecule has 18 heteroatoms. The number of anilines is 4. The molecule has 60 heavy (non-hydrogen) atoms. The summed E-state index contributed by atoms with van der Waals surface area (Å²) in [6.07, 6.45) is 15.1. The number of nitrogens with two attached hydrogens (primary N) is 3. The number of fused-ring (bicyclic) bond motifs is 2. The van der Waals surface area contributed by atoms with E-state index in [-0.39, 0.29) is 12.8 Å². The second-order valence-electron chi connectivity index (χ2n) is 15.3. The Morgan fingerprint density at radius 2 is 1.70 bits per heavy atom. The number of benzene rings is 2. The molecule has 8 N–H and O–H groups in total. The molecule has 8 rings (SSSR count). The summed E-state index contributed by atoms with van der Waals surface area (Å²) < 4.78 is 1.89. The molecule has 2 fully saturated rings. The van der Waals surface area contributed by atoms with Crippen molar-refractivity contribution in [2.75, 3.05) is 55.2 Å². The number of unbranched alkanes of at least 4 members (excludes halogenated alkanes) is 3. The Kier molecular flexibility index (Phi) is 11.6. The van der Waals surface area contributed by atoms with Crippen molar-refractivity contribution in [2.45, 2.75) is 51.0 Å². The van der Waals surface area contributed by atoms with E-state index in [1.165, 1.54) is 6.20 Å². The zero-order valence-corrected chi connectivity index (χ0v) is 33.2. The van der Waals surface area contributed by atoms with Gasteiger partial charge in [-0.3, -0.25) is 39.3 Å². The minimum Gasteiger partial charge on any atom is -0.400 e. The van der Waals surface area contributed by atoms with Crippen LogP contribution in [0.4, 0.5) is 23.0 Å². The van der Waals surface area contributed by atoms with E-state index in [1.54, 1.807) is 29.5 Å². The van der Waals surface area contributed by atoms with Crippen molar-refractivity contribution < 1.29 is 19.2 Å². The number of hydrazine groups is 1. The summed E-state index contributed by atoms with van der Waals surface area (Å²) >= 11 is 0. The number of aromatic nitrogens is 5. The van der Waals surface area contributed by atoms with Crippen molar-refractivity contribution in [1.29, 1.82) is 0 Å². The van der Waals surface area contributed by atoms with Gasteiger partial charge in [0.05, 0.1) is 23.5 Å². The predicted molar refractivity (Wildman–Crippen MR) is 225 cm³/mol. The number of carbonyl (C=O) groups is 4. The summed E-state index contributed by atoms with van der Waals surface area (Å²) in [5.74, 6) is 5.22. The van der Waals surface area contributed by atoms with Gasteiger partial charge >= 0.3 is 0 Å². The number of rotatable bonds is 15. The zero-order chi connectivity index (χ0) is 41.8. The van der Waals surface area contributed by atoms with Crippen LogP contribution in [0.5, 0.6) is 0 Å². The maximum absolute atomic E-state index is 13.1. The fraction of sp³-hybridized carbons (Fsp3) is 0.333. The fourth-order valence-electron chi connectivity index (χ4n) is 7.93. The summed E-state index contributed by atoms with van der Waals surface area (Å²) in [5, 5.41) is 7.30. The van der Waals surface area contributed by atoms with E-state index in [0.717, 1.165) is 80.1 Å². The molecule has 0 radical (unpaired) electrons. The van der Waals surface area contributed by atoms with E-state index in [4.69, 9.17) is 22.3 Å². The van der Waals surface area contributed by atoms with Crippen molar-refractivity contribution >= 4 is 52.3 Å². The third-order valence-corrected chi connectivity index (χ3v) is 11.0. The Bertz CT molecular complexity index is 2440. The first kappa shape index (κ1) is 39.9. The van der Waals surface area contributed by atoms with E-state index in [1.807, 2.05) is 41.2 Å². The molecule has 2 saturated heterocycles. The Hall–Kier alpha value is -6.92. The van der Waals surface area contributed by atoms with E-state index < -0.39 is 29.7 Å². The Labute approximate surface area is 346 Å². The van der Waals surface area contributed by atoms with Gasteiger partial charge in [0.1, 0.15) is 23.2 Å². The minimum absolute atomic E-state index is 0.0917. The van der Waals surface area contributed by atoms with Gasteiger partial charge in [0.2, 0.25) is 11.8 Å². The average Bonchev–Trinajstić information content (AvgIpc) is 3.81. The lowest BCUT2D eigenvalue weighted by molar-refractivity contribution is -0.136. The number of nitrogens with one attached hydrogen (secondary N) is 2. The van der Waals surface area contributed by atoms with Gasteiger partial charge < -0.3 is 31.1 Å². The lowest BCUT2D eigenvalue weighted by Gasteiger charge is -2.36. The molecule has 5 aromatic rings. The van der Waals surface area contributed by atoms with Crippen LogP contribution in [0.1, 0.15) is 64.8 Å². The number of piperazine rings is 1. The number of hydrogen-bond donors (Lipinski definition) is 5. The molecule has 2 aromatic carbocycles. The second-order valence-corrected chi connectivity index (χ2v) is 15.3. The average molecular weight is 813 g/mol. The number of hydrogen-bond acceptors (Lipinski definition) is 15. The van der Waals surface area contributed by atoms with Gasteiger partial charge in [-0.15, -0.1) is 0 Å². The third kappa shape index (κ3) is 8.88. The van der Waals surface area contributed by atoms with Gasteiger partial charge in [-0.25, -0.2) is 20.8 Å². The number of amides is 4. The molecule has 1 unspecified atom stereocenters. The van der Waals surface area contributed by atoms with E-state index in [9.17, 15) is 19.2 Å². The lowest BCUT2D eigenvalue weighted by Crippen LogP contribution is -2.54. The van der Waals surface area contributed by atoms with Crippen molar-refractivity contribution in [3.63, 3.8) is 0 Å². The van der Waals surface area contributed by atoms with Crippen LogP contribution in [-0.2, 0) is 16.0 Å². The minimum atomic E-state index is -0.966. The Balaban J connectivity index is 0.740. The largest absolute Gasteiger partial charge is 0.400 e. The summed E-state index contributed by atoms with van der Waals surface area (Å²) in [6.45, 7) is 4.79. The van der Waals surface area contributed by atoms with Gasteiger partial charge in [0.15, 0.2) is 11.5 Å². The van der Waals surface area contributed by atoms with Crippen LogP contribution >= 0.6 is 0 Å². The van der Waals surface area contributed by atoms with Crippen LogP contribution in [0.3, 0.4) is 0 Å². The summed E-state index contributed by atoms with van der Waals surface area (Å²) in [4.78, 5) is 73.4. The Morgan fingerprint density at radius 1 is 0.917 bits per heavy atom. The van der Waals surface area contributed by atoms with E-state index in [2.05, 4.69) is 47.5 Å². The molecule has 310 valence electrons. The number of imide groups is 2. The summed E-state index contributed by atoms with van der Waals surface area (Å²) in [6, 6.07) is 12.6. The molecule has 6 heterocycles. The lowest BCUT2D eigenvalue weighted by atomic mass is 10.0. The van der Waals surface area contributed by atoms with Crippen molar-refractivity contribution in [3.05, 3.63) is 102 Å². The topological polar surface area (TPSA) is 239 Å². The molecular weight excluding hydrogens is 765 g/mol. The molecule has 4 amide bonds. The molecule has 0 spiro atoms. The highest BCUT2D eigenvalue weighted by molar-refractivity contribution is 6.23. The monoisotopic (exact) mass is 812 g/mol. The van der Waals surface area contributed by atoms with Gasteiger partial charge in [0, 0.05) is 87.6 Å². The highest BCUT2D eigenvalue weighted by Gasteiger charge is 2.44. The quantitative estimate of drug-likeness (QED) is 0.0442. The number of nitrogens with zero attached hydrogens (tertiary/aromatic N) is 9. The van der Waals surface area contributed by atoms with Crippen molar-refractivity contribution in [3.8, 4) is 11.4 Å². The molecule has 0 saturated carbocycles. The number of piperidine rings is 1. The number of nitrogen functional groups attached to an aromatic ring is 1. The zero-order valence-electron chi connectivity index (χ0n) is 33.2. The molecule has 0 bridgehead atoms. The standard InChI is InChI=1S/C42H48N14O4/c43-28(25-55(45)15-4-2-1-3-5-27-6-11-31-32(21-27)42(60)56(41(31)59)35-12-13-37(57)51-40(35)58)24-52-17-19-53(20-18-52)30-9-7-29(8-10-30)48-38-39-47-14-16-54(39)26-34(50-38)33-22-46-23-36(44)49-33/h6-11,14,16,21-23,25-26,35H,1-5,12-13,15,17-20,24,43,45H2,(H2,44,49)(H,48,50)(H,51,57,58)/b28-25-. The molecule has 0 aliphatic carbocycles. The van der Waals surface area contributed by atoms with Crippen molar-refractivity contribution in [1.82, 2.24) is 44.5 Å². The highest BCUT2D eigenvalue weighted by atomic mass is 16.2. The highest BCUT2D eigenvalue weighted by Crippen LogP contribution is 2.29. The van der Waals surface area contributed by atoms with Crippen LogP contribution < -0.4 is 32.8 Å². The molecular formula is C42H48N14O4. The van der Waals surface area contributed by atoms with Gasteiger partial charge in [-0.05, 0) is 67.6 Å². The summed E-state index contributed by atoms with van der Waals surface area (Å²) in [5.41, 5.74) is 18.5. The van der Waals surface area contributed by atoms with Crippen LogP contribution in [0.2, 0.25) is 0 Å².